The summed E-state index contributed by atoms with van der Waals surface area (Å²) in [5.41, 5.74) is 1.62. The SMILES string of the molecule is N#Cc1cc(CN(Cc2ccco2)C2CCCC2)ccn1. The molecule has 0 spiro atoms. The number of nitrogens with zero attached hydrogens (tertiary/aromatic N) is 3. The third kappa shape index (κ3) is 3.50. The predicted molar refractivity (Wildman–Crippen MR) is 79.2 cm³/mol. The van der Waals surface area contributed by atoms with Crippen LogP contribution in [0.25, 0.3) is 0 Å². The van der Waals surface area contributed by atoms with Crippen molar-refractivity contribution >= 4 is 0 Å². The zero-order valence-electron chi connectivity index (χ0n) is 12.0. The molecule has 1 aliphatic rings. The fourth-order valence-electron chi connectivity index (χ4n) is 3.05. The van der Waals surface area contributed by atoms with Crippen LogP contribution < -0.4 is 0 Å². The van der Waals surface area contributed by atoms with Gasteiger partial charge < -0.3 is 4.42 Å². The molecule has 4 nitrogen and oxygen atoms in total. The molecule has 0 aromatic carbocycles. The van der Waals surface area contributed by atoms with Crippen LogP contribution in [0.15, 0.2) is 41.1 Å². The molecule has 2 aromatic rings. The number of nitriles is 1. The molecule has 4 heteroatoms. The van der Waals surface area contributed by atoms with Crippen molar-refractivity contribution in [3.63, 3.8) is 0 Å². The Balaban J connectivity index is 1.76. The van der Waals surface area contributed by atoms with Crippen LogP contribution in [-0.4, -0.2) is 15.9 Å². The van der Waals surface area contributed by atoms with E-state index in [1.807, 2.05) is 24.3 Å². The molecular formula is C17H19N3O. The van der Waals surface area contributed by atoms with E-state index in [4.69, 9.17) is 9.68 Å². The fourth-order valence-corrected chi connectivity index (χ4v) is 3.05. The van der Waals surface area contributed by atoms with Crippen molar-refractivity contribution in [2.24, 2.45) is 0 Å². The largest absolute Gasteiger partial charge is 0.468 e. The highest BCUT2D eigenvalue weighted by atomic mass is 16.3. The van der Waals surface area contributed by atoms with E-state index >= 15 is 0 Å². The van der Waals surface area contributed by atoms with Crippen molar-refractivity contribution in [3.8, 4) is 6.07 Å². The lowest BCUT2D eigenvalue weighted by atomic mass is 10.1. The molecule has 0 saturated heterocycles. The second-order valence-electron chi connectivity index (χ2n) is 5.58. The van der Waals surface area contributed by atoms with Gasteiger partial charge in [-0.1, -0.05) is 12.8 Å². The Hall–Kier alpha value is -2.12. The molecular weight excluding hydrogens is 262 g/mol. The van der Waals surface area contributed by atoms with Crippen LogP contribution in [0.1, 0.15) is 42.7 Å². The summed E-state index contributed by atoms with van der Waals surface area (Å²) < 4.78 is 5.50. The lowest BCUT2D eigenvalue weighted by molar-refractivity contribution is 0.167. The molecule has 0 bridgehead atoms. The Morgan fingerprint density at radius 1 is 1.29 bits per heavy atom. The van der Waals surface area contributed by atoms with Gasteiger partial charge in [-0.05, 0) is 42.7 Å². The smallest absolute Gasteiger partial charge is 0.140 e. The van der Waals surface area contributed by atoms with Crippen molar-refractivity contribution in [1.29, 1.82) is 5.26 Å². The first-order valence-corrected chi connectivity index (χ1v) is 7.46. The molecule has 0 atom stereocenters. The maximum atomic E-state index is 8.97. The van der Waals surface area contributed by atoms with Gasteiger partial charge in [-0.15, -0.1) is 0 Å². The van der Waals surface area contributed by atoms with Crippen LogP contribution in [0.5, 0.6) is 0 Å². The minimum absolute atomic E-state index is 0.483. The molecule has 3 rings (SSSR count). The summed E-state index contributed by atoms with van der Waals surface area (Å²) >= 11 is 0. The van der Waals surface area contributed by atoms with Gasteiger partial charge in [0.1, 0.15) is 17.5 Å². The number of hydrogen-bond acceptors (Lipinski definition) is 4. The molecule has 2 aromatic heterocycles. The van der Waals surface area contributed by atoms with E-state index in [0.29, 0.717) is 11.7 Å². The van der Waals surface area contributed by atoms with Gasteiger partial charge in [0.2, 0.25) is 0 Å². The molecule has 0 unspecified atom stereocenters. The van der Waals surface area contributed by atoms with Crippen LogP contribution in [0.3, 0.4) is 0 Å². The van der Waals surface area contributed by atoms with Gasteiger partial charge in [-0.3, -0.25) is 4.90 Å². The molecule has 0 N–H and O–H groups in total. The summed E-state index contributed by atoms with van der Waals surface area (Å²) in [7, 11) is 0. The van der Waals surface area contributed by atoms with E-state index in [2.05, 4.69) is 16.0 Å². The van der Waals surface area contributed by atoms with E-state index in [1.54, 1.807) is 12.5 Å². The zero-order valence-corrected chi connectivity index (χ0v) is 12.0. The number of aromatic nitrogens is 1. The number of rotatable bonds is 5. The Kier molecular flexibility index (Phi) is 4.32. The van der Waals surface area contributed by atoms with Crippen molar-refractivity contribution in [3.05, 3.63) is 53.7 Å². The average Bonchev–Trinajstić information content (AvgIpc) is 3.20. The predicted octanol–water partition coefficient (Wildman–Crippen LogP) is 3.49. The molecule has 0 radical (unpaired) electrons. The summed E-state index contributed by atoms with van der Waals surface area (Å²) in [6.07, 6.45) is 8.54. The molecule has 1 aliphatic carbocycles. The second kappa shape index (κ2) is 6.55. The first-order chi connectivity index (χ1) is 10.3. The highest BCUT2D eigenvalue weighted by Crippen LogP contribution is 2.26. The van der Waals surface area contributed by atoms with Gasteiger partial charge in [0.15, 0.2) is 0 Å². The van der Waals surface area contributed by atoms with Gasteiger partial charge in [0.05, 0.1) is 12.8 Å². The van der Waals surface area contributed by atoms with Crippen molar-refractivity contribution in [2.45, 2.75) is 44.8 Å². The van der Waals surface area contributed by atoms with E-state index in [0.717, 1.165) is 24.4 Å². The molecule has 1 saturated carbocycles. The van der Waals surface area contributed by atoms with E-state index < -0.39 is 0 Å². The first-order valence-electron chi connectivity index (χ1n) is 7.46. The minimum atomic E-state index is 0.483. The Labute approximate surface area is 125 Å². The summed E-state index contributed by atoms with van der Waals surface area (Å²) in [4.78, 5) is 6.50. The Bertz CT molecular complexity index is 609. The second-order valence-corrected chi connectivity index (χ2v) is 5.58. The topological polar surface area (TPSA) is 53.1 Å². The normalized spacial score (nSPS) is 15.4. The summed E-state index contributed by atoms with van der Waals surface area (Å²) in [6, 6.07) is 10.5. The monoisotopic (exact) mass is 281 g/mol. The average molecular weight is 281 g/mol. The number of hydrogen-bond donors (Lipinski definition) is 0. The van der Waals surface area contributed by atoms with Gasteiger partial charge in [0.25, 0.3) is 0 Å². The molecule has 0 amide bonds. The number of furan rings is 1. The first kappa shape index (κ1) is 13.8. The van der Waals surface area contributed by atoms with E-state index in [1.165, 1.54) is 25.7 Å². The van der Waals surface area contributed by atoms with Crippen molar-refractivity contribution < 1.29 is 4.42 Å². The van der Waals surface area contributed by atoms with E-state index in [-0.39, 0.29) is 0 Å². The maximum absolute atomic E-state index is 8.97. The van der Waals surface area contributed by atoms with Crippen LogP contribution >= 0.6 is 0 Å². The quantitative estimate of drug-likeness (QED) is 0.841. The van der Waals surface area contributed by atoms with Crippen molar-refractivity contribution in [2.75, 3.05) is 0 Å². The summed E-state index contributed by atoms with van der Waals surface area (Å²) in [5.74, 6) is 0.997. The lowest BCUT2D eigenvalue weighted by Gasteiger charge is -2.28. The van der Waals surface area contributed by atoms with Crippen LogP contribution in [0.4, 0.5) is 0 Å². The summed E-state index contributed by atoms with van der Waals surface area (Å²) in [6.45, 7) is 1.66. The van der Waals surface area contributed by atoms with Crippen LogP contribution in [0, 0.1) is 11.3 Å². The Morgan fingerprint density at radius 3 is 2.86 bits per heavy atom. The fraction of sp³-hybridized carbons (Fsp3) is 0.412. The highest BCUT2D eigenvalue weighted by molar-refractivity contribution is 5.25. The van der Waals surface area contributed by atoms with Crippen LogP contribution in [0.2, 0.25) is 0 Å². The lowest BCUT2D eigenvalue weighted by Crippen LogP contribution is -2.32. The third-order valence-electron chi connectivity index (χ3n) is 4.10. The standard InChI is InChI=1S/C17H19N3O/c18-11-15-10-14(7-8-19-15)12-20(16-4-1-2-5-16)13-17-6-3-9-21-17/h3,6-10,16H,1-2,4-5,12-13H2. The third-order valence-corrected chi connectivity index (χ3v) is 4.10. The maximum Gasteiger partial charge on any atom is 0.140 e. The minimum Gasteiger partial charge on any atom is -0.468 e. The van der Waals surface area contributed by atoms with Crippen LogP contribution in [-0.2, 0) is 13.1 Å². The van der Waals surface area contributed by atoms with Gasteiger partial charge in [-0.25, -0.2) is 4.98 Å². The molecule has 1 fully saturated rings. The van der Waals surface area contributed by atoms with Gasteiger partial charge >= 0.3 is 0 Å². The van der Waals surface area contributed by atoms with Crippen molar-refractivity contribution in [1.82, 2.24) is 9.88 Å². The van der Waals surface area contributed by atoms with E-state index in [9.17, 15) is 0 Å². The van der Waals surface area contributed by atoms with Gasteiger partial charge in [-0.2, -0.15) is 5.26 Å². The molecule has 108 valence electrons. The molecule has 0 aliphatic heterocycles. The molecule has 2 heterocycles. The molecule has 21 heavy (non-hydrogen) atoms. The van der Waals surface area contributed by atoms with Gasteiger partial charge in [0, 0.05) is 18.8 Å². The summed E-state index contributed by atoms with van der Waals surface area (Å²) in [5, 5.41) is 8.97. The zero-order chi connectivity index (χ0) is 14.5. The number of pyridine rings is 1. The Morgan fingerprint density at radius 2 is 2.14 bits per heavy atom. The highest BCUT2D eigenvalue weighted by Gasteiger charge is 2.23.